The van der Waals surface area contributed by atoms with Crippen molar-refractivity contribution in [1.82, 2.24) is 9.88 Å². The third-order valence-electron chi connectivity index (χ3n) is 3.67. The van der Waals surface area contributed by atoms with Gasteiger partial charge in [0.05, 0.1) is 18.7 Å². The molecule has 1 aromatic carbocycles. The molecule has 0 aliphatic carbocycles. The summed E-state index contributed by atoms with van der Waals surface area (Å²) in [6.45, 7) is 6.53. The van der Waals surface area contributed by atoms with Crippen LogP contribution in [0.4, 0.5) is 5.69 Å². The van der Waals surface area contributed by atoms with Gasteiger partial charge in [-0.15, -0.1) is 11.3 Å². The summed E-state index contributed by atoms with van der Waals surface area (Å²) < 4.78 is 0. The minimum absolute atomic E-state index is 0.0500. The van der Waals surface area contributed by atoms with Gasteiger partial charge in [-0.3, -0.25) is 9.69 Å². The van der Waals surface area contributed by atoms with Crippen molar-refractivity contribution in [3.05, 3.63) is 45.9 Å². The molecule has 1 amide bonds. The van der Waals surface area contributed by atoms with Crippen LogP contribution in [0.1, 0.15) is 29.6 Å². The Morgan fingerprint density at radius 1 is 1.33 bits per heavy atom. The summed E-state index contributed by atoms with van der Waals surface area (Å²) >= 11 is 1.51. The molecule has 0 saturated carbocycles. The fourth-order valence-electron chi connectivity index (χ4n) is 2.50. The molecule has 2 N–H and O–H groups in total. The first-order chi connectivity index (χ1) is 11.6. The lowest BCUT2D eigenvalue weighted by atomic mass is 10.2. The number of anilines is 1. The summed E-state index contributed by atoms with van der Waals surface area (Å²) in [6, 6.07) is 7.73. The van der Waals surface area contributed by atoms with Gasteiger partial charge in [0.25, 0.3) is 0 Å². The number of thiazole rings is 1. The molecule has 1 heterocycles. The van der Waals surface area contributed by atoms with Crippen molar-refractivity contribution in [2.24, 2.45) is 0 Å². The van der Waals surface area contributed by atoms with Crippen LogP contribution in [0.15, 0.2) is 29.6 Å². The number of nitrogens with one attached hydrogen (secondary N) is 1. The van der Waals surface area contributed by atoms with Crippen LogP contribution in [0.25, 0.3) is 0 Å². The molecule has 6 heteroatoms. The minimum atomic E-state index is -0.0500. The zero-order valence-corrected chi connectivity index (χ0v) is 15.1. The molecule has 0 unspecified atom stereocenters. The van der Waals surface area contributed by atoms with E-state index in [1.54, 1.807) is 0 Å². The normalized spacial score (nSPS) is 11.0. The second-order valence-electron chi connectivity index (χ2n) is 5.77. The molecule has 130 valence electrons. The molecule has 0 fully saturated rings. The Balaban J connectivity index is 1.90. The highest BCUT2D eigenvalue weighted by atomic mass is 32.1. The predicted octanol–water partition coefficient (Wildman–Crippen LogP) is 2.84. The van der Waals surface area contributed by atoms with Crippen LogP contribution in [0.2, 0.25) is 0 Å². The average molecular weight is 347 g/mol. The summed E-state index contributed by atoms with van der Waals surface area (Å²) in [5.74, 6) is -0.0500. The molecule has 0 aliphatic heterocycles. The number of para-hydroxylation sites is 1. The molecule has 0 saturated heterocycles. The summed E-state index contributed by atoms with van der Waals surface area (Å²) in [6.07, 6.45) is 1.32. The van der Waals surface area contributed by atoms with Gasteiger partial charge >= 0.3 is 0 Å². The van der Waals surface area contributed by atoms with E-state index in [4.69, 9.17) is 5.11 Å². The number of rotatable bonds is 9. The lowest BCUT2D eigenvalue weighted by Gasteiger charge is -2.18. The number of nitrogens with zero attached hydrogens (tertiary/aromatic N) is 2. The molecule has 0 aliphatic rings. The number of aryl methyl sites for hydroxylation is 1. The Hall–Kier alpha value is -1.76. The first-order valence-corrected chi connectivity index (χ1v) is 9.12. The largest absolute Gasteiger partial charge is 0.395 e. The number of amides is 1. The molecule has 0 atom stereocenters. The second kappa shape index (κ2) is 9.52. The van der Waals surface area contributed by atoms with Crippen LogP contribution in [0.5, 0.6) is 0 Å². The van der Waals surface area contributed by atoms with Crippen molar-refractivity contribution in [1.29, 1.82) is 0 Å². The molecule has 0 bridgehead atoms. The summed E-state index contributed by atoms with van der Waals surface area (Å²) in [5, 5.41) is 14.9. The smallest absolute Gasteiger partial charge is 0.231 e. The van der Waals surface area contributed by atoms with E-state index in [1.807, 2.05) is 36.6 Å². The van der Waals surface area contributed by atoms with Gasteiger partial charge in [0.15, 0.2) is 0 Å². The van der Waals surface area contributed by atoms with E-state index in [0.717, 1.165) is 34.9 Å². The van der Waals surface area contributed by atoms with Gasteiger partial charge in [-0.1, -0.05) is 25.1 Å². The number of aliphatic hydroxyl groups is 1. The quantitative estimate of drug-likeness (QED) is 0.732. The van der Waals surface area contributed by atoms with Crippen molar-refractivity contribution in [3.8, 4) is 0 Å². The maximum atomic E-state index is 12.2. The molecule has 0 spiro atoms. The SMILES string of the molecule is CCCN(CCO)Cc1csc(CC(=O)Nc2ccccc2C)n1. The van der Waals surface area contributed by atoms with E-state index in [9.17, 15) is 4.79 Å². The highest BCUT2D eigenvalue weighted by molar-refractivity contribution is 7.09. The number of hydrogen-bond acceptors (Lipinski definition) is 5. The molecule has 5 nitrogen and oxygen atoms in total. The Kier molecular flexibility index (Phi) is 7.36. The first-order valence-electron chi connectivity index (χ1n) is 8.24. The van der Waals surface area contributed by atoms with Gasteiger partial charge in [-0.25, -0.2) is 4.98 Å². The first kappa shape index (κ1) is 18.6. The van der Waals surface area contributed by atoms with Crippen molar-refractivity contribution < 1.29 is 9.90 Å². The average Bonchev–Trinajstić information content (AvgIpc) is 2.97. The molecule has 2 rings (SSSR count). The number of carbonyl (C=O) groups excluding carboxylic acids is 1. The standard InChI is InChI=1S/C18H25N3O2S/c1-3-8-21(9-10-22)12-15-13-24-18(19-15)11-17(23)20-16-7-5-4-6-14(16)2/h4-7,13,22H,3,8-12H2,1-2H3,(H,20,23). The van der Waals surface area contributed by atoms with Crippen LogP contribution in [-0.2, 0) is 17.8 Å². The zero-order valence-electron chi connectivity index (χ0n) is 14.3. The summed E-state index contributed by atoms with van der Waals surface area (Å²) in [5.41, 5.74) is 2.85. The van der Waals surface area contributed by atoms with E-state index < -0.39 is 0 Å². The van der Waals surface area contributed by atoms with Crippen LogP contribution in [0.3, 0.4) is 0 Å². The fraction of sp³-hybridized carbons (Fsp3) is 0.444. The molecule has 1 aromatic heterocycles. The van der Waals surface area contributed by atoms with Crippen molar-refractivity contribution in [2.45, 2.75) is 33.2 Å². The van der Waals surface area contributed by atoms with E-state index in [0.29, 0.717) is 13.1 Å². The summed E-state index contributed by atoms with van der Waals surface area (Å²) in [7, 11) is 0. The fourth-order valence-corrected chi connectivity index (χ4v) is 3.29. The van der Waals surface area contributed by atoms with Gasteiger partial charge in [-0.05, 0) is 31.5 Å². The number of aromatic nitrogens is 1. The summed E-state index contributed by atoms with van der Waals surface area (Å²) in [4.78, 5) is 18.9. The van der Waals surface area contributed by atoms with E-state index in [1.165, 1.54) is 11.3 Å². The third-order valence-corrected chi connectivity index (χ3v) is 4.57. The molecular formula is C18H25N3O2S. The van der Waals surface area contributed by atoms with Gasteiger partial charge in [-0.2, -0.15) is 0 Å². The number of benzene rings is 1. The molecular weight excluding hydrogens is 322 g/mol. The molecule has 24 heavy (non-hydrogen) atoms. The van der Waals surface area contributed by atoms with Crippen LogP contribution in [-0.4, -0.2) is 40.6 Å². The van der Waals surface area contributed by atoms with Crippen molar-refractivity contribution in [3.63, 3.8) is 0 Å². The maximum absolute atomic E-state index is 12.2. The van der Waals surface area contributed by atoms with Gasteiger partial charge in [0.2, 0.25) is 5.91 Å². The molecule has 0 radical (unpaired) electrons. The lowest BCUT2D eigenvalue weighted by molar-refractivity contribution is -0.115. The molecule has 2 aromatic rings. The monoisotopic (exact) mass is 347 g/mol. The van der Waals surface area contributed by atoms with Crippen molar-refractivity contribution >= 4 is 22.9 Å². The number of carbonyl (C=O) groups is 1. The highest BCUT2D eigenvalue weighted by Gasteiger charge is 2.11. The van der Waals surface area contributed by atoms with E-state index >= 15 is 0 Å². The Bertz CT molecular complexity index is 651. The zero-order chi connectivity index (χ0) is 17.4. The maximum Gasteiger partial charge on any atom is 0.231 e. The van der Waals surface area contributed by atoms with Crippen LogP contribution in [0, 0.1) is 6.92 Å². The Labute approximate surface area is 147 Å². The Morgan fingerprint density at radius 2 is 2.12 bits per heavy atom. The number of aliphatic hydroxyl groups excluding tert-OH is 1. The minimum Gasteiger partial charge on any atom is -0.395 e. The van der Waals surface area contributed by atoms with Gasteiger partial charge in [0, 0.05) is 24.2 Å². The topological polar surface area (TPSA) is 65.5 Å². The van der Waals surface area contributed by atoms with Crippen LogP contribution >= 0.6 is 11.3 Å². The van der Waals surface area contributed by atoms with Crippen molar-refractivity contribution in [2.75, 3.05) is 25.0 Å². The Morgan fingerprint density at radius 3 is 2.83 bits per heavy atom. The lowest BCUT2D eigenvalue weighted by Crippen LogP contribution is -2.27. The highest BCUT2D eigenvalue weighted by Crippen LogP contribution is 2.16. The predicted molar refractivity (Wildman–Crippen MR) is 98.3 cm³/mol. The van der Waals surface area contributed by atoms with Gasteiger partial charge in [0.1, 0.15) is 5.01 Å². The van der Waals surface area contributed by atoms with E-state index in [-0.39, 0.29) is 18.9 Å². The number of hydrogen-bond donors (Lipinski definition) is 2. The van der Waals surface area contributed by atoms with Crippen LogP contribution < -0.4 is 5.32 Å². The third kappa shape index (κ3) is 5.70. The second-order valence-corrected chi connectivity index (χ2v) is 6.71. The van der Waals surface area contributed by atoms with E-state index in [2.05, 4.69) is 22.1 Å². The van der Waals surface area contributed by atoms with Gasteiger partial charge < -0.3 is 10.4 Å².